The molecule has 1 aromatic heterocycles. The number of esters is 1. The van der Waals surface area contributed by atoms with Crippen LogP contribution in [0, 0.1) is 0 Å². The maximum Gasteiger partial charge on any atom is 0.310 e. The van der Waals surface area contributed by atoms with Crippen LogP contribution < -0.4 is 0 Å². The molecule has 1 heterocycles. The summed E-state index contributed by atoms with van der Waals surface area (Å²) in [6, 6.07) is 14.2. The van der Waals surface area contributed by atoms with Crippen LogP contribution in [-0.4, -0.2) is 16.1 Å². The predicted molar refractivity (Wildman–Crippen MR) is 89.7 cm³/mol. The van der Waals surface area contributed by atoms with Crippen LogP contribution >= 0.6 is 23.2 Å². The zero-order valence-corrected chi connectivity index (χ0v) is 13.9. The fourth-order valence-electron chi connectivity index (χ4n) is 2.05. The smallest absolute Gasteiger partial charge is 0.310 e. The van der Waals surface area contributed by atoms with E-state index in [9.17, 15) is 4.79 Å². The highest BCUT2D eigenvalue weighted by molar-refractivity contribution is 6.31. The van der Waals surface area contributed by atoms with Crippen molar-refractivity contribution in [2.24, 2.45) is 0 Å². The minimum Gasteiger partial charge on any atom is -0.455 e. The lowest BCUT2D eigenvalue weighted by Gasteiger charge is -2.03. The maximum atomic E-state index is 11.9. The van der Waals surface area contributed by atoms with Crippen LogP contribution in [0.3, 0.4) is 0 Å². The van der Waals surface area contributed by atoms with E-state index < -0.39 is 5.97 Å². The zero-order valence-electron chi connectivity index (χ0n) is 12.4. The van der Waals surface area contributed by atoms with E-state index in [1.807, 2.05) is 12.1 Å². The van der Waals surface area contributed by atoms with Gasteiger partial charge in [-0.15, -0.1) is 0 Å². The average molecular weight is 363 g/mol. The lowest BCUT2D eigenvalue weighted by molar-refractivity contribution is -0.144. The molecule has 2 aromatic carbocycles. The molecule has 0 saturated carbocycles. The Bertz CT molecular complexity index is 864. The van der Waals surface area contributed by atoms with Crippen LogP contribution in [0.2, 0.25) is 10.0 Å². The summed E-state index contributed by atoms with van der Waals surface area (Å²) >= 11 is 11.9. The van der Waals surface area contributed by atoms with Gasteiger partial charge in [-0.05, 0) is 23.8 Å². The lowest BCUT2D eigenvalue weighted by Crippen LogP contribution is -2.08. The second-order valence-corrected chi connectivity index (χ2v) is 5.79. The second-order valence-electron chi connectivity index (χ2n) is 4.95. The molecule has 5 nitrogen and oxygen atoms in total. The van der Waals surface area contributed by atoms with E-state index in [4.69, 9.17) is 32.5 Å². The van der Waals surface area contributed by atoms with Gasteiger partial charge in [0, 0.05) is 15.6 Å². The predicted octanol–water partition coefficient (Wildman–Crippen LogP) is 4.33. The van der Waals surface area contributed by atoms with E-state index in [0.29, 0.717) is 21.4 Å². The topological polar surface area (TPSA) is 65.2 Å². The summed E-state index contributed by atoms with van der Waals surface area (Å²) in [5.74, 6) is 0.165. The van der Waals surface area contributed by atoms with Crippen molar-refractivity contribution in [1.82, 2.24) is 10.1 Å². The van der Waals surface area contributed by atoms with Crippen LogP contribution in [0.4, 0.5) is 0 Å². The molecule has 0 N–H and O–H groups in total. The largest absolute Gasteiger partial charge is 0.455 e. The van der Waals surface area contributed by atoms with Crippen LogP contribution in [0.25, 0.3) is 11.4 Å². The van der Waals surface area contributed by atoms with Crippen molar-refractivity contribution in [2.75, 3.05) is 0 Å². The van der Waals surface area contributed by atoms with Gasteiger partial charge in [0.25, 0.3) is 5.89 Å². The molecule has 0 bridgehead atoms. The molecular weight excluding hydrogens is 351 g/mol. The minimum atomic E-state index is -0.425. The Morgan fingerprint density at radius 2 is 1.96 bits per heavy atom. The van der Waals surface area contributed by atoms with Gasteiger partial charge in [0.2, 0.25) is 5.82 Å². The summed E-state index contributed by atoms with van der Waals surface area (Å²) in [6.07, 6.45) is 0.0783. The summed E-state index contributed by atoms with van der Waals surface area (Å²) in [5, 5.41) is 4.94. The first-order chi connectivity index (χ1) is 11.6. The first-order valence-electron chi connectivity index (χ1n) is 7.09. The average Bonchev–Trinajstić information content (AvgIpc) is 3.04. The van der Waals surface area contributed by atoms with Gasteiger partial charge >= 0.3 is 5.97 Å². The first-order valence-corrected chi connectivity index (χ1v) is 7.85. The van der Waals surface area contributed by atoms with Crippen molar-refractivity contribution in [3.8, 4) is 11.4 Å². The quantitative estimate of drug-likeness (QED) is 0.632. The summed E-state index contributed by atoms with van der Waals surface area (Å²) in [5.41, 5.74) is 1.43. The number of carbonyl (C=O) groups is 1. The van der Waals surface area contributed by atoms with Gasteiger partial charge in [0.1, 0.15) is 0 Å². The Kier molecular flexibility index (Phi) is 5.13. The molecule has 24 heavy (non-hydrogen) atoms. The third-order valence-electron chi connectivity index (χ3n) is 3.20. The number of carbonyl (C=O) groups excluding carboxylic acids is 1. The molecular formula is C17H12Cl2N2O3. The van der Waals surface area contributed by atoms with Crippen molar-refractivity contribution in [2.45, 2.75) is 13.0 Å². The molecule has 0 spiro atoms. The molecule has 0 radical (unpaired) electrons. The number of rotatable bonds is 5. The number of hydrogen-bond donors (Lipinski definition) is 0. The molecule has 3 aromatic rings. The van der Waals surface area contributed by atoms with Crippen LogP contribution in [-0.2, 0) is 22.6 Å². The summed E-state index contributed by atoms with van der Waals surface area (Å²) < 4.78 is 10.2. The molecule has 0 aliphatic rings. The van der Waals surface area contributed by atoms with Crippen molar-refractivity contribution in [3.63, 3.8) is 0 Å². The first kappa shape index (κ1) is 16.5. The van der Waals surface area contributed by atoms with Gasteiger partial charge in [-0.3, -0.25) is 4.79 Å². The van der Waals surface area contributed by atoms with Gasteiger partial charge in [0.05, 0.1) is 6.42 Å². The van der Waals surface area contributed by atoms with E-state index in [1.54, 1.807) is 36.4 Å². The summed E-state index contributed by atoms with van der Waals surface area (Å²) in [6.45, 7) is -0.100. The normalized spacial score (nSPS) is 10.6. The van der Waals surface area contributed by atoms with E-state index in [1.165, 1.54) is 0 Å². The summed E-state index contributed by atoms with van der Waals surface area (Å²) in [7, 11) is 0. The van der Waals surface area contributed by atoms with Crippen LogP contribution in [0.15, 0.2) is 53.1 Å². The number of halogens is 2. The Labute approximate surface area is 148 Å². The molecule has 122 valence electrons. The van der Waals surface area contributed by atoms with Crippen molar-refractivity contribution in [1.29, 1.82) is 0 Å². The molecule has 0 atom stereocenters. The number of ether oxygens (including phenoxy) is 1. The Balaban J connectivity index is 1.59. The summed E-state index contributed by atoms with van der Waals surface area (Å²) in [4.78, 5) is 16.0. The number of nitrogens with zero attached hydrogens (tertiary/aromatic N) is 2. The zero-order chi connectivity index (χ0) is 16.9. The van der Waals surface area contributed by atoms with Gasteiger partial charge in [0.15, 0.2) is 6.61 Å². The van der Waals surface area contributed by atoms with Gasteiger partial charge in [-0.25, -0.2) is 0 Å². The van der Waals surface area contributed by atoms with Crippen molar-refractivity contribution >= 4 is 29.2 Å². The highest BCUT2D eigenvalue weighted by atomic mass is 35.5. The highest BCUT2D eigenvalue weighted by Gasteiger charge is 2.12. The van der Waals surface area contributed by atoms with E-state index in [-0.39, 0.29) is 18.9 Å². The lowest BCUT2D eigenvalue weighted by atomic mass is 10.1. The molecule has 0 amide bonds. The SMILES string of the molecule is O=C(Cc1ccccc1Cl)OCc1nc(-c2cccc(Cl)c2)no1. The molecule has 3 rings (SSSR count). The molecule has 7 heteroatoms. The number of aromatic nitrogens is 2. The molecule has 0 aliphatic heterocycles. The van der Waals surface area contributed by atoms with Crippen molar-refractivity contribution in [3.05, 3.63) is 70.0 Å². The molecule has 0 unspecified atom stereocenters. The Morgan fingerprint density at radius 1 is 1.12 bits per heavy atom. The van der Waals surface area contributed by atoms with Crippen molar-refractivity contribution < 1.29 is 14.1 Å². The highest BCUT2D eigenvalue weighted by Crippen LogP contribution is 2.20. The van der Waals surface area contributed by atoms with Gasteiger partial charge < -0.3 is 9.26 Å². The number of benzene rings is 2. The third-order valence-corrected chi connectivity index (χ3v) is 3.80. The van der Waals surface area contributed by atoms with E-state index in [0.717, 1.165) is 5.56 Å². The van der Waals surface area contributed by atoms with E-state index >= 15 is 0 Å². The van der Waals surface area contributed by atoms with E-state index in [2.05, 4.69) is 10.1 Å². The van der Waals surface area contributed by atoms with Crippen LogP contribution in [0.5, 0.6) is 0 Å². The second kappa shape index (κ2) is 7.47. The maximum absolute atomic E-state index is 11.9. The third kappa shape index (κ3) is 4.13. The van der Waals surface area contributed by atoms with Gasteiger partial charge in [-0.2, -0.15) is 4.98 Å². The standard InChI is InChI=1S/C17H12Cl2N2O3/c18-13-6-3-5-12(8-13)17-20-15(24-21-17)10-23-16(22)9-11-4-1-2-7-14(11)19/h1-8H,9-10H2. The molecule has 0 aliphatic carbocycles. The fourth-order valence-corrected chi connectivity index (χ4v) is 2.44. The monoisotopic (exact) mass is 362 g/mol. The molecule has 0 saturated heterocycles. The number of hydrogen-bond acceptors (Lipinski definition) is 5. The van der Waals surface area contributed by atoms with Crippen LogP contribution in [0.1, 0.15) is 11.5 Å². The Hall–Kier alpha value is -2.37. The molecule has 0 fully saturated rings. The fraction of sp³-hybridized carbons (Fsp3) is 0.118. The Morgan fingerprint density at radius 3 is 2.75 bits per heavy atom. The van der Waals surface area contributed by atoms with Gasteiger partial charge in [-0.1, -0.05) is 58.7 Å². The minimum absolute atomic E-state index is 0.0783.